The van der Waals surface area contributed by atoms with E-state index in [4.69, 9.17) is 4.74 Å². The largest absolute Gasteiger partial charge is 0.486 e. The Bertz CT molecular complexity index is 1320. The van der Waals surface area contributed by atoms with Gasteiger partial charge in [-0.2, -0.15) is 9.40 Å². The number of halogens is 1. The molecule has 8 nitrogen and oxygen atoms in total. The van der Waals surface area contributed by atoms with E-state index in [0.717, 1.165) is 17.2 Å². The molecule has 0 spiro atoms. The van der Waals surface area contributed by atoms with Gasteiger partial charge in [0.25, 0.3) is 5.91 Å². The fourth-order valence-electron chi connectivity index (χ4n) is 4.23. The number of carbonyl (C=O) groups excluding carboxylic acids is 1. The molecule has 0 unspecified atom stereocenters. The van der Waals surface area contributed by atoms with Gasteiger partial charge in [0.2, 0.25) is 10.0 Å². The van der Waals surface area contributed by atoms with Gasteiger partial charge in [-0.15, -0.1) is 0 Å². The number of carbonyl (C=O) groups is 1. The van der Waals surface area contributed by atoms with E-state index in [1.54, 1.807) is 30.1 Å². The number of hydrogen-bond acceptors (Lipinski definition) is 5. The molecule has 0 radical (unpaired) electrons. The van der Waals surface area contributed by atoms with Crippen molar-refractivity contribution in [3.8, 4) is 16.9 Å². The van der Waals surface area contributed by atoms with E-state index in [1.165, 1.54) is 27.4 Å². The third kappa shape index (κ3) is 3.35. The summed E-state index contributed by atoms with van der Waals surface area (Å²) in [6.07, 6.45) is 3.02. The number of ether oxygens (including phenoxy) is 1. The molecule has 32 heavy (non-hydrogen) atoms. The Morgan fingerprint density at radius 2 is 1.91 bits per heavy atom. The highest BCUT2D eigenvalue weighted by Gasteiger charge is 2.46. The predicted octanol–water partition coefficient (Wildman–Crippen LogP) is 2.13. The number of benzene rings is 2. The lowest BCUT2D eigenvalue weighted by molar-refractivity contribution is 0.0683. The first kappa shape index (κ1) is 20.7. The predicted molar refractivity (Wildman–Crippen MR) is 114 cm³/mol. The lowest BCUT2D eigenvalue weighted by Gasteiger charge is -2.25. The van der Waals surface area contributed by atoms with Crippen LogP contribution in [0.25, 0.3) is 11.1 Å². The van der Waals surface area contributed by atoms with E-state index < -0.39 is 28.0 Å². The molecule has 166 valence electrons. The maximum atomic E-state index is 13.6. The lowest BCUT2D eigenvalue weighted by Crippen LogP contribution is -2.44. The van der Waals surface area contributed by atoms with Crippen molar-refractivity contribution in [1.29, 1.82) is 0 Å². The van der Waals surface area contributed by atoms with Crippen molar-refractivity contribution < 1.29 is 22.3 Å². The fourth-order valence-corrected chi connectivity index (χ4v) is 5.74. The van der Waals surface area contributed by atoms with Crippen LogP contribution in [0.1, 0.15) is 10.4 Å². The third-order valence-electron chi connectivity index (χ3n) is 5.98. The van der Waals surface area contributed by atoms with Gasteiger partial charge in [0, 0.05) is 32.4 Å². The summed E-state index contributed by atoms with van der Waals surface area (Å²) in [5.41, 5.74) is 2.14. The van der Waals surface area contributed by atoms with Crippen molar-refractivity contribution >= 4 is 15.9 Å². The zero-order valence-corrected chi connectivity index (χ0v) is 18.3. The van der Waals surface area contributed by atoms with Crippen LogP contribution in [0.3, 0.4) is 0 Å². The maximum absolute atomic E-state index is 13.6. The first-order chi connectivity index (χ1) is 15.2. The average molecular weight is 456 g/mol. The van der Waals surface area contributed by atoms with E-state index in [1.807, 2.05) is 19.3 Å². The molecule has 0 N–H and O–H groups in total. The van der Waals surface area contributed by atoms with Crippen LogP contribution in [0.2, 0.25) is 0 Å². The number of likely N-dealkylation sites (N-methyl/N-ethyl adjacent to an activating group) is 1. The van der Waals surface area contributed by atoms with Gasteiger partial charge >= 0.3 is 0 Å². The second kappa shape index (κ2) is 7.42. The number of nitrogens with zero attached hydrogens (tertiary/aromatic N) is 4. The summed E-state index contributed by atoms with van der Waals surface area (Å²) in [7, 11) is -0.471. The highest BCUT2D eigenvalue weighted by Crippen LogP contribution is 2.35. The van der Waals surface area contributed by atoms with Crippen LogP contribution < -0.4 is 4.74 Å². The minimum atomic E-state index is -3.93. The van der Waals surface area contributed by atoms with Crippen molar-refractivity contribution in [2.75, 3.05) is 20.1 Å². The van der Waals surface area contributed by atoms with Crippen LogP contribution >= 0.6 is 0 Å². The number of amides is 1. The monoisotopic (exact) mass is 456 g/mol. The quantitative estimate of drug-likeness (QED) is 0.603. The summed E-state index contributed by atoms with van der Waals surface area (Å²) in [6, 6.07) is 9.78. The molecule has 1 fully saturated rings. The molecule has 5 rings (SSSR count). The van der Waals surface area contributed by atoms with Gasteiger partial charge in [-0.1, -0.05) is 12.1 Å². The number of sulfonamides is 1. The topological polar surface area (TPSA) is 84.7 Å². The van der Waals surface area contributed by atoms with Crippen LogP contribution in [-0.2, 0) is 17.1 Å². The van der Waals surface area contributed by atoms with Crippen LogP contribution in [0.15, 0.2) is 59.8 Å². The molecule has 10 heteroatoms. The smallest absolute Gasteiger partial charge is 0.257 e. The van der Waals surface area contributed by atoms with Crippen LogP contribution in [-0.4, -0.2) is 65.6 Å². The van der Waals surface area contributed by atoms with Crippen molar-refractivity contribution in [2.45, 2.75) is 17.0 Å². The van der Waals surface area contributed by atoms with Crippen LogP contribution in [0, 0.1) is 5.82 Å². The molecule has 0 saturated carbocycles. The van der Waals surface area contributed by atoms with Crippen LogP contribution in [0.5, 0.6) is 5.75 Å². The second-order valence-corrected chi connectivity index (χ2v) is 9.97. The molecule has 1 aromatic heterocycles. The zero-order valence-electron chi connectivity index (χ0n) is 17.5. The Morgan fingerprint density at radius 3 is 2.62 bits per heavy atom. The Labute approximate surface area is 184 Å². The molecule has 2 aromatic carbocycles. The lowest BCUT2D eigenvalue weighted by atomic mass is 10.1. The summed E-state index contributed by atoms with van der Waals surface area (Å²) in [6.45, 7) is 0.118. The highest BCUT2D eigenvalue weighted by molar-refractivity contribution is 7.89. The molecule has 3 heterocycles. The first-order valence-electron chi connectivity index (χ1n) is 10.1. The fraction of sp³-hybridized carbons (Fsp3) is 0.273. The first-order valence-corrected chi connectivity index (χ1v) is 11.5. The average Bonchev–Trinajstić information content (AvgIpc) is 3.37. The molecule has 2 atom stereocenters. The van der Waals surface area contributed by atoms with Gasteiger partial charge in [-0.05, 0) is 35.9 Å². The van der Waals surface area contributed by atoms with E-state index in [9.17, 15) is 17.6 Å². The molecule has 1 amide bonds. The SMILES string of the molecule is CN1C(=O)c2ccc(-c3cnn(C)c3)cc2O[C@H]2CN(S(=O)(=O)c3cccc(F)c3)C[C@H]21. The van der Waals surface area contributed by atoms with E-state index >= 15 is 0 Å². The Hall–Kier alpha value is -3.24. The van der Waals surface area contributed by atoms with E-state index in [0.29, 0.717) is 11.3 Å². The zero-order chi connectivity index (χ0) is 22.6. The minimum Gasteiger partial charge on any atom is -0.486 e. The van der Waals surface area contributed by atoms with Gasteiger partial charge in [0.1, 0.15) is 17.7 Å². The van der Waals surface area contributed by atoms with Crippen molar-refractivity contribution in [3.05, 3.63) is 66.2 Å². The molecule has 3 aromatic rings. The van der Waals surface area contributed by atoms with E-state index in [2.05, 4.69) is 5.10 Å². The third-order valence-corrected chi connectivity index (χ3v) is 7.81. The molecular weight excluding hydrogens is 435 g/mol. The van der Waals surface area contributed by atoms with Crippen molar-refractivity contribution in [2.24, 2.45) is 7.05 Å². The number of fused-ring (bicyclic) bond motifs is 2. The summed E-state index contributed by atoms with van der Waals surface area (Å²) >= 11 is 0. The summed E-state index contributed by atoms with van der Waals surface area (Å²) in [5, 5.41) is 4.18. The summed E-state index contributed by atoms with van der Waals surface area (Å²) < 4.78 is 48.9. The Balaban J connectivity index is 1.48. The van der Waals surface area contributed by atoms with Crippen LogP contribution in [0.4, 0.5) is 4.39 Å². The Morgan fingerprint density at radius 1 is 1.09 bits per heavy atom. The summed E-state index contributed by atoms with van der Waals surface area (Å²) in [5.74, 6) is -0.462. The van der Waals surface area contributed by atoms with Crippen molar-refractivity contribution in [3.63, 3.8) is 0 Å². The highest BCUT2D eigenvalue weighted by atomic mass is 32.2. The standard InChI is InChI=1S/C22H21FN4O4S/c1-25-11-15(10-24-25)14-6-7-18-20(8-14)31-21-13-27(12-19(21)26(2)22(18)28)32(29,30)17-5-3-4-16(23)9-17/h3-11,19,21H,12-13H2,1-2H3/t19-,21+/m1/s1. The Kier molecular flexibility index (Phi) is 4.79. The molecule has 0 bridgehead atoms. The van der Waals surface area contributed by atoms with Crippen molar-refractivity contribution in [1.82, 2.24) is 19.0 Å². The van der Waals surface area contributed by atoms with Gasteiger partial charge in [0.05, 0.1) is 29.2 Å². The molecular formula is C22H21FN4O4S. The minimum absolute atomic E-state index is 0.0533. The normalized spacial score (nSPS) is 21.1. The number of aryl methyl sites for hydroxylation is 1. The van der Waals surface area contributed by atoms with E-state index in [-0.39, 0.29) is 23.9 Å². The number of rotatable bonds is 3. The van der Waals surface area contributed by atoms with Gasteiger partial charge in [-0.25, -0.2) is 12.8 Å². The van der Waals surface area contributed by atoms with Gasteiger partial charge in [0.15, 0.2) is 0 Å². The molecule has 1 saturated heterocycles. The number of hydrogen-bond donors (Lipinski definition) is 0. The maximum Gasteiger partial charge on any atom is 0.257 e. The molecule has 2 aliphatic rings. The molecule has 0 aliphatic carbocycles. The second-order valence-electron chi connectivity index (χ2n) is 8.03. The van der Waals surface area contributed by atoms with Gasteiger partial charge < -0.3 is 9.64 Å². The number of aromatic nitrogens is 2. The molecule has 2 aliphatic heterocycles. The summed E-state index contributed by atoms with van der Waals surface area (Å²) in [4.78, 5) is 14.5. The van der Waals surface area contributed by atoms with Gasteiger partial charge in [-0.3, -0.25) is 9.48 Å².